The lowest BCUT2D eigenvalue weighted by molar-refractivity contribution is 0.558. The summed E-state index contributed by atoms with van der Waals surface area (Å²) < 4.78 is 25.9. The van der Waals surface area contributed by atoms with Crippen LogP contribution in [0.5, 0.6) is 0 Å². The summed E-state index contributed by atoms with van der Waals surface area (Å²) in [6, 6.07) is 9.77. The van der Waals surface area contributed by atoms with Crippen molar-refractivity contribution in [2.75, 3.05) is 18.8 Å². The highest BCUT2D eigenvalue weighted by molar-refractivity contribution is 7.91. The van der Waals surface area contributed by atoms with Crippen molar-refractivity contribution in [3.05, 3.63) is 48.3 Å². The summed E-state index contributed by atoms with van der Waals surface area (Å²) in [5, 5.41) is 15.8. The molecule has 0 aliphatic carbocycles. The van der Waals surface area contributed by atoms with Gasteiger partial charge in [0, 0.05) is 25.5 Å². The molecule has 2 rings (SSSR count). The van der Waals surface area contributed by atoms with Gasteiger partial charge in [0.2, 0.25) is 0 Å². The molecule has 0 amide bonds. The van der Waals surface area contributed by atoms with Gasteiger partial charge >= 0.3 is 0 Å². The van der Waals surface area contributed by atoms with Crippen molar-refractivity contribution < 1.29 is 8.42 Å². The maximum absolute atomic E-state index is 12.1. The Balaban J connectivity index is 1.79. The van der Waals surface area contributed by atoms with Gasteiger partial charge < -0.3 is 5.32 Å². The van der Waals surface area contributed by atoms with Crippen molar-refractivity contribution >= 4 is 9.84 Å². The number of nitriles is 1. The first-order valence-electron chi connectivity index (χ1n) is 6.53. The first-order chi connectivity index (χ1) is 10.1. The number of sulfone groups is 1. The van der Waals surface area contributed by atoms with Gasteiger partial charge in [-0.3, -0.25) is 4.68 Å². The lowest BCUT2D eigenvalue weighted by Crippen LogP contribution is -2.26. The topological polar surface area (TPSA) is 87.8 Å². The maximum Gasteiger partial charge on any atom is 0.179 e. The molecule has 0 fully saturated rings. The van der Waals surface area contributed by atoms with Crippen molar-refractivity contribution in [3.8, 4) is 6.07 Å². The molecule has 7 heteroatoms. The zero-order valence-corrected chi connectivity index (χ0v) is 12.3. The minimum Gasteiger partial charge on any atom is -0.314 e. The van der Waals surface area contributed by atoms with Crippen LogP contribution in [0.2, 0.25) is 0 Å². The summed E-state index contributed by atoms with van der Waals surface area (Å²) >= 11 is 0. The average Bonchev–Trinajstić information content (AvgIpc) is 3.00. The minimum atomic E-state index is -3.31. The van der Waals surface area contributed by atoms with Gasteiger partial charge in [0.25, 0.3) is 0 Å². The minimum absolute atomic E-state index is 0.0258. The van der Waals surface area contributed by atoms with Crippen LogP contribution in [0, 0.1) is 11.3 Å². The predicted octanol–water partition coefficient (Wildman–Crippen LogP) is 0.818. The predicted molar refractivity (Wildman–Crippen MR) is 78.3 cm³/mol. The third-order valence-electron chi connectivity index (χ3n) is 2.97. The molecular weight excluding hydrogens is 288 g/mol. The fourth-order valence-corrected chi connectivity index (χ4v) is 3.01. The molecule has 0 spiro atoms. The number of nitrogens with one attached hydrogen (secondary N) is 1. The van der Waals surface area contributed by atoms with Gasteiger partial charge in [0.15, 0.2) is 9.84 Å². The normalized spacial score (nSPS) is 11.2. The average molecular weight is 304 g/mol. The second-order valence-corrected chi connectivity index (χ2v) is 6.58. The van der Waals surface area contributed by atoms with Crippen LogP contribution in [0.15, 0.2) is 47.6 Å². The monoisotopic (exact) mass is 304 g/mol. The third-order valence-corrected chi connectivity index (χ3v) is 4.70. The second-order valence-electron chi connectivity index (χ2n) is 4.47. The highest BCUT2D eigenvalue weighted by atomic mass is 32.2. The Morgan fingerprint density at radius 3 is 2.62 bits per heavy atom. The summed E-state index contributed by atoms with van der Waals surface area (Å²) in [4.78, 5) is 0.246. The van der Waals surface area contributed by atoms with E-state index < -0.39 is 9.84 Å². The van der Waals surface area contributed by atoms with E-state index in [2.05, 4.69) is 10.4 Å². The first-order valence-corrected chi connectivity index (χ1v) is 8.18. The molecule has 1 aromatic heterocycles. The summed E-state index contributed by atoms with van der Waals surface area (Å²) in [5.74, 6) is 0.0258. The van der Waals surface area contributed by atoms with Gasteiger partial charge in [-0.15, -0.1) is 0 Å². The largest absolute Gasteiger partial charge is 0.314 e. The van der Waals surface area contributed by atoms with Crippen LogP contribution >= 0.6 is 0 Å². The number of benzene rings is 1. The van der Waals surface area contributed by atoms with Crippen LogP contribution in [-0.4, -0.2) is 37.0 Å². The number of aromatic nitrogens is 2. The number of hydrogen-bond donors (Lipinski definition) is 1. The number of rotatable bonds is 7. The van der Waals surface area contributed by atoms with E-state index in [4.69, 9.17) is 5.26 Å². The molecule has 0 bridgehead atoms. The second kappa shape index (κ2) is 7.02. The highest BCUT2D eigenvalue weighted by Gasteiger charge is 2.13. The summed E-state index contributed by atoms with van der Waals surface area (Å²) in [5.41, 5.74) is 0.450. The highest BCUT2D eigenvalue weighted by Crippen LogP contribution is 2.11. The van der Waals surface area contributed by atoms with Crippen molar-refractivity contribution in [1.29, 1.82) is 5.26 Å². The van der Waals surface area contributed by atoms with E-state index >= 15 is 0 Å². The fraction of sp³-hybridized carbons (Fsp3) is 0.286. The Labute approximate surface area is 123 Å². The van der Waals surface area contributed by atoms with Gasteiger partial charge in [-0.25, -0.2) is 8.42 Å². The van der Waals surface area contributed by atoms with E-state index in [-0.39, 0.29) is 10.6 Å². The van der Waals surface area contributed by atoms with Crippen LogP contribution in [0.3, 0.4) is 0 Å². The lowest BCUT2D eigenvalue weighted by Gasteiger charge is -2.06. The van der Waals surface area contributed by atoms with E-state index in [0.29, 0.717) is 25.2 Å². The molecule has 6 nitrogen and oxygen atoms in total. The molecule has 110 valence electrons. The van der Waals surface area contributed by atoms with Gasteiger partial charge in [0.1, 0.15) is 0 Å². The van der Waals surface area contributed by atoms with E-state index in [1.54, 1.807) is 10.9 Å². The van der Waals surface area contributed by atoms with Gasteiger partial charge in [-0.2, -0.15) is 10.4 Å². The molecule has 1 aromatic carbocycles. The molecule has 0 radical (unpaired) electrons. The van der Waals surface area contributed by atoms with Crippen LogP contribution in [0.25, 0.3) is 0 Å². The zero-order valence-electron chi connectivity index (χ0n) is 11.4. The van der Waals surface area contributed by atoms with Crippen LogP contribution in [0.4, 0.5) is 0 Å². The number of nitrogens with zero attached hydrogens (tertiary/aromatic N) is 3. The Morgan fingerprint density at radius 1 is 1.24 bits per heavy atom. The lowest BCUT2D eigenvalue weighted by atomic mass is 10.2. The summed E-state index contributed by atoms with van der Waals surface area (Å²) in [6.45, 7) is 1.73. The molecule has 0 aliphatic rings. The fourth-order valence-electron chi connectivity index (χ4n) is 1.81. The molecule has 2 aromatic rings. The summed E-state index contributed by atoms with van der Waals surface area (Å²) in [7, 11) is -3.31. The first kappa shape index (κ1) is 15.2. The molecule has 1 heterocycles. The van der Waals surface area contributed by atoms with Gasteiger partial charge in [-0.1, -0.05) is 0 Å². The zero-order chi connectivity index (χ0) is 15.1. The molecule has 0 aliphatic heterocycles. The molecular formula is C14H16N4O2S. The van der Waals surface area contributed by atoms with E-state index in [1.165, 1.54) is 24.3 Å². The van der Waals surface area contributed by atoms with E-state index in [0.717, 1.165) is 0 Å². The third kappa shape index (κ3) is 4.41. The van der Waals surface area contributed by atoms with Crippen molar-refractivity contribution in [3.63, 3.8) is 0 Å². The molecule has 0 saturated heterocycles. The van der Waals surface area contributed by atoms with Crippen molar-refractivity contribution in [2.45, 2.75) is 11.4 Å². The van der Waals surface area contributed by atoms with Crippen LogP contribution in [0.1, 0.15) is 5.56 Å². The molecule has 0 unspecified atom stereocenters. The SMILES string of the molecule is N#Cc1ccc(S(=O)(=O)CCNCCn2cccn2)cc1. The Hall–Kier alpha value is -2.17. The van der Waals surface area contributed by atoms with E-state index in [9.17, 15) is 8.42 Å². The Bertz CT molecular complexity index is 700. The van der Waals surface area contributed by atoms with Crippen LogP contribution < -0.4 is 5.32 Å². The van der Waals surface area contributed by atoms with Gasteiger partial charge in [-0.05, 0) is 30.3 Å². The Kier molecular flexibility index (Phi) is 5.09. The van der Waals surface area contributed by atoms with Crippen molar-refractivity contribution in [1.82, 2.24) is 15.1 Å². The standard InChI is InChI=1S/C14H16N4O2S/c15-12-13-2-4-14(5-3-13)21(19,20)11-8-16-7-10-18-9-1-6-17-18/h1-6,9,16H,7-8,10-11H2. The molecule has 21 heavy (non-hydrogen) atoms. The molecule has 1 N–H and O–H groups in total. The van der Waals surface area contributed by atoms with Gasteiger partial charge in [0.05, 0.1) is 28.8 Å². The van der Waals surface area contributed by atoms with Crippen molar-refractivity contribution in [2.24, 2.45) is 0 Å². The van der Waals surface area contributed by atoms with Crippen LogP contribution in [-0.2, 0) is 16.4 Å². The maximum atomic E-state index is 12.1. The molecule has 0 atom stereocenters. The smallest absolute Gasteiger partial charge is 0.179 e. The quantitative estimate of drug-likeness (QED) is 0.765. The number of hydrogen-bond acceptors (Lipinski definition) is 5. The van der Waals surface area contributed by atoms with E-state index in [1.807, 2.05) is 18.3 Å². The Morgan fingerprint density at radius 2 is 2.00 bits per heavy atom. The molecule has 0 saturated carbocycles. The summed E-state index contributed by atoms with van der Waals surface area (Å²) in [6.07, 6.45) is 3.56.